The molecule has 1 atom stereocenters. The summed E-state index contributed by atoms with van der Waals surface area (Å²) in [7, 11) is 5.03. The molecule has 8 heteroatoms. The second-order valence-electron chi connectivity index (χ2n) is 4.79. The SMILES string of the molecule is COc1ncc(C(=O)NO)cc1[C@H](C)NC(=O)CN(C)C. The second-order valence-corrected chi connectivity index (χ2v) is 4.79. The molecule has 0 radical (unpaired) electrons. The van der Waals surface area contributed by atoms with Crippen molar-refractivity contribution in [3.05, 3.63) is 23.4 Å². The van der Waals surface area contributed by atoms with Crippen molar-refractivity contribution < 1.29 is 19.5 Å². The smallest absolute Gasteiger partial charge is 0.276 e. The maximum atomic E-state index is 11.8. The zero-order valence-corrected chi connectivity index (χ0v) is 12.5. The quantitative estimate of drug-likeness (QED) is 0.502. The molecule has 1 heterocycles. The molecule has 3 N–H and O–H groups in total. The first-order valence-corrected chi connectivity index (χ1v) is 6.31. The van der Waals surface area contributed by atoms with E-state index in [0.29, 0.717) is 11.4 Å². The molecule has 1 rings (SSSR count). The van der Waals surface area contributed by atoms with Gasteiger partial charge in [0.25, 0.3) is 5.91 Å². The van der Waals surface area contributed by atoms with Gasteiger partial charge < -0.3 is 15.0 Å². The van der Waals surface area contributed by atoms with Gasteiger partial charge >= 0.3 is 0 Å². The molecule has 0 spiro atoms. The monoisotopic (exact) mass is 296 g/mol. The van der Waals surface area contributed by atoms with Crippen LogP contribution in [-0.2, 0) is 4.79 Å². The Labute approximate surface area is 123 Å². The average Bonchev–Trinajstić information content (AvgIpc) is 2.44. The Bertz CT molecular complexity index is 519. The lowest BCUT2D eigenvalue weighted by atomic mass is 10.1. The first-order chi connectivity index (χ1) is 9.88. The van der Waals surface area contributed by atoms with Gasteiger partial charge in [0.2, 0.25) is 11.8 Å². The number of ether oxygens (including phenoxy) is 1. The molecule has 116 valence electrons. The van der Waals surface area contributed by atoms with Crippen molar-refractivity contribution in [1.82, 2.24) is 20.7 Å². The van der Waals surface area contributed by atoms with Crippen LogP contribution in [0.3, 0.4) is 0 Å². The van der Waals surface area contributed by atoms with Crippen LogP contribution in [0.25, 0.3) is 0 Å². The highest BCUT2D eigenvalue weighted by atomic mass is 16.5. The third kappa shape index (κ3) is 4.69. The summed E-state index contributed by atoms with van der Waals surface area (Å²) in [5.74, 6) is -0.535. The number of rotatable bonds is 6. The van der Waals surface area contributed by atoms with Crippen LogP contribution < -0.4 is 15.5 Å². The molecule has 1 aromatic rings. The lowest BCUT2D eigenvalue weighted by molar-refractivity contribution is -0.122. The van der Waals surface area contributed by atoms with E-state index in [2.05, 4.69) is 10.3 Å². The van der Waals surface area contributed by atoms with Gasteiger partial charge in [-0.1, -0.05) is 0 Å². The van der Waals surface area contributed by atoms with E-state index in [1.54, 1.807) is 25.9 Å². The van der Waals surface area contributed by atoms with Crippen molar-refractivity contribution >= 4 is 11.8 Å². The molecule has 8 nitrogen and oxygen atoms in total. The number of amides is 2. The lowest BCUT2D eigenvalue weighted by Crippen LogP contribution is -2.35. The number of nitrogens with zero attached hydrogens (tertiary/aromatic N) is 2. The van der Waals surface area contributed by atoms with Crippen LogP contribution in [0.4, 0.5) is 0 Å². The van der Waals surface area contributed by atoms with Gasteiger partial charge in [-0.3, -0.25) is 14.8 Å². The Balaban J connectivity index is 2.97. The van der Waals surface area contributed by atoms with Gasteiger partial charge in [0.05, 0.1) is 25.3 Å². The minimum Gasteiger partial charge on any atom is -0.481 e. The maximum Gasteiger partial charge on any atom is 0.276 e. The highest BCUT2D eigenvalue weighted by molar-refractivity contribution is 5.93. The number of hydrogen-bond acceptors (Lipinski definition) is 6. The van der Waals surface area contributed by atoms with Gasteiger partial charge in [0.15, 0.2) is 0 Å². The molecule has 0 fully saturated rings. The summed E-state index contributed by atoms with van der Waals surface area (Å²) in [6.45, 7) is 2.00. The molecule has 0 bridgehead atoms. The third-order valence-corrected chi connectivity index (χ3v) is 2.74. The Morgan fingerprint density at radius 2 is 2.14 bits per heavy atom. The highest BCUT2D eigenvalue weighted by Crippen LogP contribution is 2.23. The van der Waals surface area contributed by atoms with E-state index in [1.807, 2.05) is 0 Å². The van der Waals surface area contributed by atoms with Crippen molar-refractivity contribution in [2.24, 2.45) is 0 Å². The van der Waals surface area contributed by atoms with Gasteiger partial charge in [-0.15, -0.1) is 0 Å². The molecule has 0 aliphatic rings. The van der Waals surface area contributed by atoms with E-state index in [9.17, 15) is 9.59 Å². The number of pyridine rings is 1. The number of nitrogens with one attached hydrogen (secondary N) is 2. The maximum absolute atomic E-state index is 11.8. The molecule has 0 aliphatic carbocycles. The van der Waals surface area contributed by atoms with Crippen molar-refractivity contribution in [3.8, 4) is 5.88 Å². The summed E-state index contributed by atoms with van der Waals surface area (Å²) in [6, 6.07) is 1.11. The fourth-order valence-electron chi connectivity index (χ4n) is 1.79. The summed E-state index contributed by atoms with van der Waals surface area (Å²) in [5, 5.41) is 11.4. The number of carbonyl (C=O) groups excluding carboxylic acids is 2. The number of methoxy groups -OCH3 is 1. The Morgan fingerprint density at radius 3 is 2.67 bits per heavy atom. The number of aromatic nitrogens is 1. The fraction of sp³-hybridized carbons (Fsp3) is 0.462. The normalized spacial score (nSPS) is 11.9. The van der Waals surface area contributed by atoms with E-state index in [1.165, 1.54) is 24.9 Å². The summed E-state index contributed by atoms with van der Waals surface area (Å²) in [6.07, 6.45) is 1.28. The molecule has 0 saturated carbocycles. The molecule has 0 saturated heterocycles. The summed E-state index contributed by atoms with van der Waals surface area (Å²) >= 11 is 0. The van der Waals surface area contributed by atoms with E-state index in [4.69, 9.17) is 9.94 Å². The molecule has 0 aliphatic heterocycles. The zero-order chi connectivity index (χ0) is 16.0. The predicted octanol–water partition coefficient (Wildman–Crippen LogP) is -0.0520. The van der Waals surface area contributed by atoms with Gasteiger partial charge in [0, 0.05) is 11.8 Å². The van der Waals surface area contributed by atoms with Crippen LogP contribution in [-0.4, -0.2) is 54.7 Å². The van der Waals surface area contributed by atoms with Crippen molar-refractivity contribution in [2.75, 3.05) is 27.7 Å². The Kier molecular flexibility index (Phi) is 6.07. The van der Waals surface area contributed by atoms with E-state index in [-0.39, 0.29) is 18.0 Å². The minimum atomic E-state index is -0.682. The van der Waals surface area contributed by atoms with Gasteiger partial charge in [-0.2, -0.15) is 0 Å². The van der Waals surface area contributed by atoms with Crippen molar-refractivity contribution in [2.45, 2.75) is 13.0 Å². The lowest BCUT2D eigenvalue weighted by Gasteiger charge is -2.18. The number of likely N-dealkylation sites (N-methyl/N-ethyl adjacent to an activating group) is 1. The largest absolute Gasteiger partial charge is 0.481 e. The summed E-state index contributed by atoms with van der Waals surface area (Å²) in [4.78, 5) is 28.9. The Morgan fingerprint density at radius 1 is 1.48 bits per heavy atom. The Hall–Kier alpha value is -2.19. The third-order valence-electron chi connectivity index (χ3n) is 2.74. The average molecular weight is 296 g/mol. The van der Waals surface area contributed by atoms with Crippen LogP contribution >= 0.6 is 0 Å². The van der Waals surface area contributed by atoms with Gasteiger partial charge in [0.1, 0.15) is 0 Å². The van der Waals surface area contributed by atoms with Gasteiger partial charge in [-0.05, 0) is 27.1 Å². The van der Waals surface area contributed by atoms with E-state index >= 15 is 0 Å². The zero-order valence-electron chi connectivity index (χ0n) is 12.5. The summed E-state index contributed by atoms with van der Waals surface area (Å²) in [5.41, 5.74) is 2.25. The molecular weight excluding hydrogens is 276 g/mol. The second kappa shape index (κ2) is 7.55. The minimum absolute atomic E-state index is 0.161. The molecule has 2 amide bonds. The van der Waals surface area contributed by atoms with E-state index in [0.717, 1.165) is 0 Å². The first-order valence-electron chi connectivity index (χ1n) is 6.31. The van der Waals surface area contributed by atoms with Crippen molar-refractivity contribution in [1.29, 1.82) is 0 Å². The van der Waals surface area contributed by atoms with Crippen LogP contribution in [0.2, 0.25) is 0 Å². The number of hydroxylamine groups is 1. The van der Waals surface area contributed by atoms with Crippen LogP contribution in [0.1, 0.15) is 28.9 Å². The van der Waals surface area contributed by atoms with Crippen LogP contribution in [0.15, 0.2) is 12.3 Å². The highest BCUT2D eigenvalue weighted by Gasteiger charge is 2.18. The fourth-order valence-corrected chi connectivity index (χ4v) is 1.79. The topological polar surface area (TPSA) is 104 Å². The van der Waals surface area contributed by atoms with Crippen molar-refractivity contribution in [3.63, 3.8) is 0 Å². The molecule has 1 aromatic heterocycles. The summed E-state index contributed by atoms with van der Waals surface area (Å²) < 4.78 is 5.13. The molecular formula is C13H20N4O4. The first kappa shape index (κ1) is 16.9. The molecule has 0 unspecified atom stereocenters. The molecule has 21 heavy (non-hydrogen) atoms. The van der Waals surface area contributed by atoms with Crippen LogP contribution in [0.5, 0.6) is 5.88 Å². The standard InChI is InChI=1S/C13H20N4O4/c1-8(15-11(18)7-17(2)3)10-5-9(12(19)16-20)6-14-13(10)21-4/h5-6,8,20H,7H2,1-4H3,(H,15,18)(H,16,19)/t8-/m0/s1. The van der Waals surface area contributed by atoms with Gasteiger partial charge in [-0.25, -0.2) is 10.5 Å². The predicted molar refractivity (Wildman–Crippen MR) is 75.2 cm³/mol. The van der Waals surface area contributed by atoms with E-state index < -0.39 is 11.9 Å². The molecule has 0 aromatic carbocycles. The number of carbonyl (C=O) groups is 2. The number of hydrogen-bond donors (Lipinski definition) is 3. The van der Waals surface area contributed by atoms with Crippen LogP contribution in [0, 0.1) is 0 Å².